The molecule has 0 bridgehead atoms. The second kappa shape index (κ2) is 9.55. The lowest BCUT2D eigenvalue weighted by atomic mass is 10.1. The second-order valence-corrected chi connectivity index (χ2v) is 6.13. The van der Waals surface area contributed by atoms with Crippen LogP contribution in [-0.4, -0.2) is 28.8 Å². The Balaban J connectivity index is 1.60. The van der Waals surface area contributed by atoms with Crippen molar-refractivity contribution in [3.8, 4) is 11.5 Å². The first kappa shape index (κ1) is 18.6. The van der Waals surface area contributed by atoms with Crippen LogP contribution in [0.1, 0.15) is 42.9 Å². The summed E-state index contributed by atoms with van der Waals surface area (Å²) in [6.07, 6.45) is 5.18. The van der Waals surface area contributed by atoms with Gasteiger partial charge in [0.15, 0.2) is 0 Å². The number of rotatable bonds is 10. The maximum Gasteiger partial charge on any atom is 0.138 e. The number of nitrogens with zero attached hydrogens (tertiary/aromatic N) is 1. The summed E-state index contributed by atoms with van der Waals surface area (Å²) in [5.74, 6) is 2.38. The van der Waals surface area contributed by atoms with E-state index in [0.29, 0.717) is 17.4 Å². The Morgan fingerprint density at radius 1 is 1.21 bits per heavy atom. The Morgan fingerprint density at radius 3 is 2.67 bits per heavy atom. The molecule has 1 aromatic carbocycles. The van der Waals surface area contributed by atoms with Crippen molar-refractivity contribution in [2.24, 2.45) is 0 Å². The number of unbranched alkanes of at least 4 members (excludes halogenated alkanes) is 3. The van der Waals surface area contributed by atoms with Crippen molar-refractivity contribution in [2.75, 3.05) is 13.7 Å². The van der Waals surface area contributed by atoms with Crippen molar-refractivity contribution in [3.05, 3.63) is 40.4 Å². The SMILES string of the molecule is COc1ccc(OCCCCCCc2nc(CO)c(C)[nH]2)c(Cl)c1. The predicted octanol–water partition coefficient (Wildman–Crippen LogP) is 4.05. The molecule has 2 N–H and O–H groups in total. The molecule has 1 heterocycles. The lowest BCUT2D eigenvalue weighted by Crippen LogP contribution is -1.98. The van der Waals surface area contributed by atoms with Crippen LogP contribution in [0, 0.1) is 6.92 Å². The van der Waals surface area contributed by atoms with Crippen molar-refractivity contribution >= 4 is 11.6 Å². The second-order valence-electron chi connectivity index (χ2n) is 5.72. The first-order chi connectivity index (χ1) is 11.6. The summed E-state index contributed by atoms with van der Waals surface area (Å²) in [5.41, 5.74) is 1.70. The highest BCUT2D eigenvalue weighted by Gasteiger charge is 2.05. The molecule has 24 heavy (non-hydrogen) atoms. The fourth-order valence-electron chi connectivity index (χ4n) is 2.49. The van der Waals surface area contributed by atoms with E-state index in [4.69, 9.17) is 26.2 Å². The van der Waals surface area contributed by atoms with Gasteiger partial charge < -0.3 is 19.6 Å². The van der Waals surface area contributed by atoms with Crippen molar-refractivity contribution < 1.29 is 14.6 Å². The van der Waals surface area contributed by atoms with Crippen LogP contribution >= 0.6 is 11.6 Å². The fourth-order valence-corrected chi connectivity index (χ4v) is 2.72. The number of hydrogen-bond acceptors (Lipinski definition) is 4. The number of hydrogen-bond donors (Lipinski definition) is 2. The summed E-state index contributed by atoms with van der Waals surface area (Å²) in [7, 11) is 1.61. The number of aromatic nitrogens is 2. The molecule has 0 unspecified atom stereocenters. The van der Waals surface area contributed by atoms with Crippen molar-refractivity contribution in [1.82, 2.24) is 9.97 Å². The molecule has 0 radical (unpaired) electrons. The molecule has 0 fully saturated rings. The summed E-state index contributed by atoms with van der Waals surface area (Å²) in [5, 5.41) is 9.70. The number of benzene rings is 1. The summed E-state index contributed by atoms with van der Waals surface area (Å²) in [6.45, 7) is 2.58. The lowest BCUT2D eigenvalue weighted by Gasteiger charge is -2.09. The fraction of sp³-hybridized carbons (Fsp3) is 0.500. The molecule has 1 aromatic heterocycles. The Labute approximate surface area is 148 Å². The number of imidazole rings is 1. The van der Waals surface area contributed by atoms with Crippen molar-refractivity contribution in [1.29, 1.82) is 0 Å². The maximum atomic E-state index is 9.13. The topological polar surface area (TPSA) is 67.4 Å². The first-order valence-electron chi connectivity index (χ1n) is 8.25. The Hall–Kier alpha value is -1.72. The lowest BCUT2D eigenvalue weighted by molar-refractivity contribution is 0.276. The van der Waals surface area contributed by atoms with E-state index in [2.05, 4.69) is 9.97 Å². The molecule has 6 heteroatoms. The number of aryl methyl sites for hydroxylation is 2. The molecule has 5 nitrogen and oxygen atoms in total. The molecule has 0 aliphatic rings. The third-order valence-corrected chi connectivity index (χ3v) is 4.18. The molecule has 0 spiro atoms. The third kappa shape index (κ3) is 5.42. The monoisotopic (exact) mass is 352 g/mol. The Kier molecular flexibility index (Phi) is 7.40. The number of halogens is 1. The standard InChI is InChI=1S/C18H25ClN2O3/c1-13-16(12-22)21-18(20-13)7-5-3-4-6-10-24-17-9-8-14(23-2)11-15(17)19/h8-9,11,22H,3-7,10,12H2,1-2H3,(H,20,21). The van der Waals surface area contributed by atoms with Gasteiger partial charge in [-0.2, -0.15) is 0 Å². The van der Waals surface area contributed by atoms with E-state index in [1.807, 2.05) is 19.1 Å². The number of nitrogens with one attached hydrogen (secondary N) is 1. The van der Waals surface area contributed by atoms with Crippen LogP contribution in [0.4, 0.5) is 0 Å². The van der Waals surface area contributed by atoms with Gasteiger partial charge in [-0.25, -0.2) is 4.98 Å². The highest BCUT2D eigenvalue weighted by Crippen LogP contribution is 2.28. The minimum atomic E-state index is -0.00636. The zero-order chi connectivity index (χ0) is 17.4. The summed E-state index contributed by atoms with van der Waals surface area (Å²) < 4.78 is 10.8. The molecule has 0 aliphatic carbocycles. The van der Waals surface area contributed by atoms with E-state index >= 15 is 0 Å². The van der Waals surface area contributed by atoms with Gasteiger partial charge in [0.2, 0.25) is 0 Å². The number of ether oxygens (including phenoxy) is 2. The Bertz CT molecular complexity index is 643. The average molecular weight is 353 g/mol. The van der Waals surface area contributed by atoms with Gasteiger partial charge in [-0.05, 0) is 31.9 Å². The van der Waals surface area contributed by atoms with E-state index in [-0.39, 0.29) is 6.61 Å². The smallest absolute Gasteiger partial charge is 0.138 e. The van der Waals surface area contributed by atoms with E-state index < -0.39 is 0 Å². The maximum absolute atomic E-state index is 9.13. The first-order valence-corrected chi connectivity index (χ1v) is 8.63. The highest BCUT2D eigenvalue weighted by molar-refractivity contribution is 6.32. The molecular formula is C18H25ClN2O3. The minimum absolute atomic E-state index is 0.00636. The number of aliphatic hydroxyl groups excluding tert-OH is 1. The summed E-state index contributed by atoms with van der Waals surface area (Å²) in [6, 6.07) is 5.43. The van der Waals surface area contributed by atoms with Crippen LogP contribution in [0.5, 0.6) is 11.5 Å². The zero-order valence-corrected chi connectivity index (χ0v) is 15.0. The van der Waals surface area contributed by atoms with E-state index in [0.717, 1.165) is 55.1 Å². The molecule has 0 saturated carbocycles. The van der Waals surface area contributed by atoms with Crippen LogP contribution in [0.15, 0.2) is 18.2 Å². The van der Waals surface area contributed by atoms with E-state index in [1.165, 1.54) is 0 Å². The van der Waals surface area contributed by atoms with Crippen LogP contribution in [0.25, 0.3) is 0 Å². The minimum Gasteiger partial charge on any atom is -0.497 e. The molecule has 0 aliphatic heterocycles. The molecule has 0 saturated heterocycles. The van der Waals surface area contributed by atoms with Gasteiger partial charge in [0.05, 0.1) is 31.0 Å². The van der Waals surface area contributed by atoms with Crippen molar-refractivity contribution in [3.63, 3.8) is 0 Å². The number of methoxy groups -OCH3 is 1. The number of aliphatic hydroxyl groups is 1. The zero-order valence-electron chi connectivity index (χ0n) is 14.3. The molecule has 0 atom stereocenters. The van der Waals surface area contributed by atoms with Gasteiger partial charge in [-0.15, -0.1) is 0 Å². The quantitative estimate of drug-likeness (QED) is 0.633. The molecular weight excluding hydrogens is 328 g/mol. The summed E-state index contributed by atoms with van der Waals surface area (Å²) >= 11 is 6.13. The van der Waals surface area contributed by atoms with E-state index in [9.17, 15) is 0 Å². The van der Waals surface area contributed by atoms with Crippen molar-refractivity contribution in [2.45, 2.75) is 45.6 Å². The third-order valence-electron chi connectivity index (χ3n) is 3.89. The van der Waals surface area contributed by atoms with Crippen LogP contribution in [-0.2, 0) is 13.0 Å². The van der Waals surface area contributed by atoms with Gasteiger partial charge in [0.25, 0.3) is 0 Å². The largest absolute Gasteiger partial charge is 0.497 e. The van der Waals surface area contributed by atoms with Crippen LogP contribution in [0.3, 0.4) is 0 Å². The van der Waals surface area contributed by atoms with Gasteiger partial charge >= 0.3 is 0 Å². The molecule has 132 valence electrons. The average Bonchev–Trinajstić information content (AvgIpc) is 2.95. The van der Waals surface area contributed by atoms with E-state index in [1.54, 1.807) is 13.2 Å². The van der Waals surface area contributed by atoms with Gasteiger partial charge in [-0.1, -0.05) is 24.4 Å². The molecule has 2 aromatic rings. The van der Waals surface area contributed by atoms with Crippen LogP contribution < -0.4 is 9.47 Å². The normalized spacial score (nSPS) is 10.8. The number of H-pyrrole nitrogens is 1. The number of aromatic amines is 1. The van der Waals surface area contributed by atoms with Crippen LogP contribution in [0.2, 0.25) is 5.02 Å². The molecule has 0 amide bonds. The van der Waals surface area contributed by atoms with Gasteiger partial charge in [-0.3, -0.25) is 0 Å². The Morgan fingerprint density at radius 2 is 2.00 bits per heavy atom. The highest BCUT2D eigenvalue weighted by atomic mass is 35.5. The van der Waals surface area contributed by atoms with Gasteiger partial charge in [0.1, 0.15) is 17.3 Å². The predicted molar refractivity (Wildman–Crippen MR) is 94.9 cm³/mol. The molecule has 2 rings (SSSR count). The van der Waals surface area contributed by atoms with Gasteiger partial charge in [0, 0.05) is 18.2 Å². The summed E-state index contributed by atoms with van der Waals surface area (Å²) in [4.78, 5) is 7.58.